The van der Waals surface area contributed by atoms with Gasteiger partial charge < -0.3 is 4.90 Å². The monoisotopic (exact) mass is 315 g/mol. The first kappa shape index (κ1) is 13.2. The van der Waals surface area contributed by atoms with Gasteiger partial charge in [-0.25, -0.2) is 4.98 Å². The predicted octanol–water partition coefficient (Wildman–Crippen LogP) is 2.36. The topological polar surface area (TPSA) is 45.2 Å². The van der Waals surface area contributed by atoms with Gasteiger partial charge in [0, 0.05) is 55.8 Å². The van der Waals surface area contributed by atoms with Crippen molar-refractivity contribution in [2.45, 2.75) is 13.0 Å². The summed E-state index contributed by atoms with van der Waals surface area (Å²) >= 11 is 9.02. The molecule has 1 fully saturated rings. The van der Waals surface area contributed by atoms with Gasteiger partial charge >= 0.3 is 0 Å². The van der Waals surface area contributed by atoms with E-state index in [-0.39, 0.29) is 0 Å². The zero-order chi connectivity index (χ0) is 13.1. The van der Waals surface area contributed by atoms with Gasteiger partial charge in [0.2, 0.25) is 0 Å². The van der Waals surface area contributed by atoms with E-state index in [0.29, 0.717) is 4.34 Å². The molecular weight excluding hydrogens is 302 g/mol. The maximum absolute atomic E-state index is 6.06. The molecule has 19 heavy (non-hydrogen) atoms. The molecule has 8 heteroatoms. The van der Waals surface area contributed by atoms with Crippen LogP contribution >= 0.6 is 34.5 Å². The minimum absolute atomic E-state index is 0.709. The van der Waals surface area contributed by atoms with Crippen LogP contribution in [0.15, 0.2) is 11.6 Å². The summed E-state index contributed by atoms with van der Waals surface area (Å²) in [6.07, 6.45) is 3.00. The fourth-order valence-electron chi connectivity index (χ4n) is 2.20. The molecule has 2 aromatic rings. The molecule has 0 unspecified atom stereocenters. The molecule has 0 amide bonds. The van der Waals surface area contributed by atoms with Crippen LogP contribution in [0.5, 0.6) is 0 Å². The first-order chi connectivity index (χ1) is 9.33. The highest BCUT2D eigenvalue weighted by Gasteiger charge is 2.18. The molecule has 3 rings (SSSR count). The normalized spacial score (nSPS) is 17.6. The van der Waals surface area contributed by atoms with E-state index in [1.807, 2.05) is 11.6 Å². The molecule has 2 aromatic heterocycles. The molecule has 5 nitrogen and oxygen atoms in total. The summed E-state index contributed by atoms with van der Waals surface area (Å²) in [6.45, 7) is 4.93. The summed E-state index contributed by atoms with van der Waals surface area (Å²) in [7, 11) is 0. The van der Waals surface area contributed by atoms with Crippen LogP contribution in [0, 0.1) is 0 Å². The van der Waals surface area contributed by atoms with E-state index in [1.165, 1.54) is 11.5 Å². The van der Waals surface area contributed by atoms with Gasteiger partial charge in [-0.05, 0) is 6.42 Å². The Balaban J connectivity index is 1.60. The van der Waals surface area contributed by atoms with Crippen molar-refractivity contribution < 1.29 is 0 Å². The maximum Gasteiger partial charge on any atom is 0.185 e. The van der Waals surface area contributed by atoms with Crippen molar-refractivity contribution in [2.24, 2.45) is 0 Å². The smallest absolute Gasteiger partial charge is 0.185 e. The summed E-state index contributed by atoms with van der Waals surface area (Å²) in [6, 6.07) is 0. The SMILES string of the molecule is Clc1snnc1CN1CCCN(c2nccs2)CC1. The summed E-state index contributed by atoms with van der Waals surface area (Å²) in [5, 5.41) is 7.23. The predicted molar refractivity (Wildman–Crippen MR) is 79.1 cm³/mol. The molecular formula is C11H14ClN5S2. The molecule has 1 saturated heterocycles. The van der Waals surface area contributed by atoms with Gasteiger partial charge in [-0.3, -0.25) is 4.90 Å². The van der Waals surface area contributed by atoms with E-state index >= 15 is 0 Å². The van der Waals surface area contributed by atoms with Gasteiger partial charge in [0.1, 0.15) is 10.0 Å². The second-order valence-corrected chi connectivity index (χ2v) is 6.65. The summed E-state index contributed by atoms with van der Waals surface area (Å²) in [5.41, 5.74) is 0.898. The Bertz CT molecular complexity index is 515. The van der Waals surface area contributed by atoms with Gasteiger partial charge in [-0.1, -0.05) is 16.1 Å². The molecule has 0 saturated carbocycles. The summed E-state index contributed by atoms with van der Waals surface area (Å²) in [4.78, 5) is 9.12. The Morgan fingerprint density at radius 1 is 1.26 bits per heavy atom. The van der Waals surface area contributed by atoms with Crippen molar-refractivity contribution in [2.75, 3.05) is 31.1 Å². The summed E-state index contributed by atoms with van der Waals surface area (Å²) in [5.74, 6) is 0. The molecule has 0 radical (unpaired) electrons. The Labute approximate surface area is 125 Å². The molecule has 0 spiro atoms. The van der Waals surface area contributed by atoms with Crippen LogP contribution in [0.2, 0.25) is 4.34 Å². The maximum atomic E-state index is 6.06. The van der Waals surface area contributed by atoms with Crippen molar-refractivity contribution in [1.29, 1.82) is 0 Å². The van der Waals surface area contributed by atoms with Crippen molar-refractivity contribution in [3.05, 3.63) is 21.6 Å². The fourth-order valence-corrected chi connectivity index (χ4v) is 3.50. The highest BCUT2D eigenvalue weighted by atomic mass is 35.5. The Hall–Kier alpha value is -0.760. The van der Waals surface area contributed by atoms with E-state index in [2.05, 4.69) is 24.4 Å². The first-order valence-electron chi connectivity index (χ1n) is 6.16. The lowest BCUT2D eigenvalue weighted by atomic mass is 10.3. The first-order valence-corrected chi connectivity index (χ1v) is 8.19. The number of rotatable bonds is 3. The lowest BCUT2D eigenvalue weighted by Crippen LogP contribution is -2.30. The van der Waals surface area contributed by atoms with Gasteiger partial charge in [0.25, 0.3) is 0 Å². The van der Waals surface area contributed by atoms with Crippen molar-refractivity contribution in [3.8, 4) is 0 Å². The van der Waals surface area contributed by atoms with E-state index in [9.17, 15) is 0 Å². The summed E-state index contributed by atoms with van der Waals surface area (Å²) < 4.78 is 4.59. The average molecular weight is 316 g/mol. The molecule has 0 N–H and O–H groups in total. The number of halogens is 1. The molecule has 0 aliphatic carbocycles. The lowest BCUT2D eigenvalue weighted by Gasteiger charge is -2.20. The quantitative estimate of drug-likeness (QED) is 0.870. The van der Waals surface area contributed by atoms with E-state index < -0.39 is 0 Å². The van der Waals surface area contributed by atoms with Crippen molar-refractivity contribution in [3.63, 3.8) is 0 Å². The lowest BCUT2D eigenvalue weighted by molar-refractivity contribution is 0.282. The molecule has 102 valence electrons. The van der Waals surface area contributed by atoms with Gasteiger partial charge in [-0.2, -0.15) is 0 Å². The highest BCUT2D eigenvalue weighted by Crippen LogP contribution is 2.22. The highest BCUT2D eigenvalue weighted by molar-refractivity contribution is 7.13. The molecule has 0 atom stereocenters. The van der Waals surface area contributed by atoms with Crippen LogP contribution in [-0.2, 0) is 6.54 Å². The number of hydrogen-bond acceptors (Lipinski definition) is 7. The second kappa shape index (κ2) is 6.13. The van der Waals surface area contributed by atoms with Crippen LogP contribution < -0.4 is 4.90 Å². The molecule has 1 aliphatic heterocycles. The van der Waals surface area contributed by atoms with Crippen LogP contribution in [0.4, 0.5) is 5.13 Å². The Kier molecular flexibility index (Phi) is 4.27. The molecule has 0 bridgehead atoms. The molecule has 1 aliphatic rings. The van der Waals surface area contributed by atoms with E-state index in [1.54, 1.807) is 11.3 Å². The fraction of sp³-hybridized carbons (Fsp3) is 0.545. The van der Waals surface area contributed by atoms with Crippen LogP contribution in [0.25, 0.3) is 0 Å². The van der Waals surface area contributed by atoms with E-state index in [0.717, 1.165) is 50.0 Å². The zero-order valence-corrected chi connectivity index (χ0v) is 12.7. The number of thiazole rings is 1. The third-order valence-corrected chi connectivity index (χ3v) is 4.98. The average Bonchev–Trinajstić information content (AvgIpc) is 3.00. The Morgan fingerprint density at radius 3 is 2.95 bits per heavy atom. The van der Waals surface area contributed by atoms with Gasteiger partial charge in [0.15, 0.2) is 5.13 Å². The van der Waals surface area contributed by atoms with Gasteiger partial charge in [0.05, 0.1) is 0 Å². The second-order valence-electron chi connectivity index (χ2n) is 4.42. The molecule has 3 heterocycles. The van der Waals surface area contributed by atoms with Crippen LogP contribution in [0.3, 0.4) is 0 Å². The minimum atomic E-state index is 0.709. The van der Waals surface area contributed by atoms with E-state index in [4.69, 9.17) is 11.6 Å². The minimum Gasteiger partial charge on any atom is -0.347 e. The van der Waals surface area contributed by atoms with Gasteiger partial charge in [-0.15, -0.1) is 16.4 Å². The third kappa shape index (κ3) is 3.22. The Morgan fingerprint density at radius 2 is 2.21 bits per heavy atom. The van der Waals surface area contributed by atoms with Crippen LogP contribution in [-0.4, -0.2) is 45.6 Å². The van der Waals surface area contributed by atoms with Crippen molar-refractivity contribution in [1.82, 2.24) is 19.5 Å². The number of aromatic nitrogens is 3. The molecule has 0 aromatic carbocycles. The number of nitrogens with zero attached hydrogens (tertiary/aromatic N) is 5. The number of hydrogen-bond donors (Lipinski definition) is 0. The van der Waals surface area contributed by atoms with Crippen LogP contribution in [0.1, 0.15) is 12.1 Å². The largest absolute Gasteiger partial charge is 0.347 e. The standard InChI is InChI=1S/C11H14ClN5S2/c12-10-9(14-15-19-10)8-16-3-1-4-17(6-5-16)11-13-2-7-18-11/h2,7H,1,3-6,8H2. The van der Waals surface area contributed by atoms with Crippen molar-refractivity contribution >= 4 is 39.6 Å². The third-order valence-electron chi connectivity index (χ3n) is 3.16. The number of anilines is 1. The zero-order valence-electron chi connectivity index (χ0n) is 10.3.